The number of rotatable bonds is 2. The number of ether oxygens (including phenoxy) is 1. The Bertz CT molecular complexity index is 396. The molecule has 1 aromatic heterocycles. The number of hydrogen-bond acceptors (Lipinski definition) is 4. The number of halogens is 2. The summed E-state index contributed by atoms with van der Waals surface area (Å²) in [7, 11) is 1.27. The summed E-state index contributed by atoms with van der Waals surface area (Å²) in [5, 5.41) is 0.217. The summed E-state index contributed by atoms with van der Waals surface area (Å²) >= 11 is 9.14. The summed E-state index contributed by atoms with van der Waals surface area (Å²) in [6.45, 7) is 3.90. The van der Waals surface area contributed by atoms with E-state index in [0.717, 1.165) is 0 Å². The van der Waals surface area contributed by atoms with Gasteiger partial charge in [0.05, 0.1) is 17.3 Å². The highest BCUT2D eigenvalue weighted by molar-refractivity contribution is 9.10. The second-order valence-electron chi connectivity index (χ2n) is 3.18. The van der Waals surface area contributed by atoms with E-state index in [9.17, 15) is 4.79 Å². The molecule has 1 heterocycles. The molecule has 0 aliphatic rings. The number of esters is 1. The molecule has 0 amide bonds. The lowest BCUT2D eigenvalue weighted by atomic mass is 10.1. The minimum Gasteiger partial charge on any atom is -0.463 e. The first-order valence-electron chi connectivity index (χ1n) is 4.28. The van der Waals surface area contributed by atoms with Gasteiger partial charge in [-0.25, -0.2) is 14.8 Å². The van der Waals surface area contributed by atoms with E-state index in [4.69, 9.17) is 11.6 Å². The Morgan fingerprint density at radius 2 is 2.07 bits per heavy atom. The van der Waals surface area contributed by atoms with Crippen LogP contribution in [-0.4, -0.2) is 23.0 Å². The van der Waals surface area contributed by atoms with Crippen molar-refractivity contribution in [1.82, 2.24) is 9.97 Å². The lowest BCUT2D eigenvalue weighted by Crippen LogP contribution is -2.11. The number of carbonyl (C=O) groups is 1. The lowest BCUT2D eigenvalue weighted by molar-refractivity contribution is 0.0586. The van der Waals surface area contributed by atoms with Crippen LogP contribution in [0.2, 0.25) is 5.15 Å². The van der Waals surface area contributed by atoms with Gasteiger partial charge in [-0.05, 0) is 21.8 Å². The molecule has 82 valence electrons. The highest BCUT2D eigenvalue weighted by Crippen LogP contribution is 2.28. The topological polar surface area (TPSA) is 52.1 Å². The normalized spacial score (nSPS) is 10.5. The van der Waals surface area contributed by atoms with Crippen molar-refractivity contribution in [2.24, 2.45) is 0 Å². The molecule has 15 heavy (non-hydrogen) atoms. The summed E-state index contributed by atoms with van der Waals surface area (Å²) in [6, 6.07) is 0. The minimum atomic E-state index is -0.591. The summed E-state index contributed by atoms with van der Waals surface area (Å²) in [4.78, 5) is 19.1. The van der Waals surface area contributed by atoms with E-state index in [1.54, 1.807) is 0 Å². The van der Waals surface area contributed by atoms with Crippen molar-refractivity contribution in [3.05, 3.63) is 21.1 Å². The second-order valence-corrected chi connectivity index (χ2v) is 4.33. The Balaban J connectivity index is 3.29. The van der Waals surface area contributed by atoms with Gasteiger partial charge in [-0.15, -0.1) is 0 Å². The zero-order chi connectivity index (χ0) is 11.6. The largest absolute Gasteiger partial charge is 0.463 e. The van der Waals surface area contributed by atoms with Gasteiger partial charge in [0.25, 0.3) is 0 Å². The Hall–Kier alpha value is -0.680. The van der Waals surface area contributed by atoms with Gasteiger partial charge in [-0.2, -0.15) is 0 Å². The summed E-state index contributed by atoms with van der Waals surface area (Å²) in [5.41, 5.74) is 0.690. The maximum atomic E-state index is 11.2. The second kappa shape index (κ2) is 4.90. The SMILES string of the molecule is COC(=O)c1nc(Cl)c(Br)c(C(C)C)n1. The van der Waals surface area contributed by atoms with E-state index in [-0.39, 0.29) is 16.9 Å². The van der Waals surface area contributed by atoms with Crippen molar-refractivity contribution in [2.75, 3.05) is 7.11 Å². The molecular formula is C9H10BrClN2O2. The van der Waals surface area contributed by atoms with Gasteiger partial charge in [0.15, 0.2) is 0 Å². The average Bonchev–Trinajstić information content (AvgIpc) is 2.20. The van der Waals surface area contributed by atoms with Gasteiger partial charge in [0.1, 0.15) is 5.15 Å². The molecule has 6 heteroatoms. The van der Waals surface area contributed by atoms with E-state index in [1.807, 2.05) is 13.8 Å². The molecule has 0 aromatic carbocycles. The van der Waals surface area contributed by atoms with Gasteiger partial charge >= 0.3 is 5.97 Å². The number of nitrogens with zero attached hydrogens (tertiary/aromatic N) is 2. The van der Waals surface area contributed by atoms with E-state index in [0.29, 0.717) is 10.2 Å². The first-order chi connectivity index (χ1) is 6.97. The molecule has 0 aliphatic heterocycles. The molecule has 0 bridgehead atoms. The molecule has 0 atom stereocenters. The van der Waals surface area contributed by atoms with Crippen LogP contribution in [0.25, 0.3) is 0 Å². The van der Waals surface area contributed by atoms with E-state index >= 15 is 0 Å². The van der Waals surface area contributed by atoms with Crippen LogP contribution in [0.4, 0.5) is 0 Å². The van der Waals surface area contributed by atoms with Gasteiger partial charge in [-0.1, -0.05) is 25.4 Å². The van der Waals surface area contributed by atoms with Crippen LogP contribution >= 0.6 is 27.5 Å². The van der Waals surface area contributed by atoms with Crippen molar-refractivity contribution in [2.45, 2.75) is 19.8 Å². The van der Waals surface area contributed by atoms with Gasteiger partial charge in [-0.3, -0.25) is 0 Å². The van der Waals surface area contributed by atoms with Crippen molar-refractivity contribution in [1.29, 1.82) is 0 Å². The third kappa shape index (κ3) is 2.66. The third-order valence-corrected chi connectivity index (χ3v) is 3.03. The van der Waals surface area contributed by atoms with Gasteiger partial charge < -0.3 is 4.74 Å². The molecule has 0 unspecified atom stereocenters. The Labute approximate surface area is 101 Å². The monoisotopic (exact) mass is 292 g/mol. The van der Waals surface area contributed by atoms with Crippen molar-refractivity contribution in [3.8, 4) is 0 Å². The maximum Gasteiger partial charge on any atom is 0.376 e. The van der Waals surface area contributed by atoms with Crippen LogP contribution in [0.1, 0.15) is 36.1 Å². The number of aromatic nitrogens is 2. The fraction of sp³-hybridized carbons (Fsp3) is 0.444. The van der Waals surface area contributed by atoms with E-state index < -0.39 is 5.97 Å². The molecule has 0 radical (unpaired) electrons. The number of hydrogen-bond donors (Lipinski definition) is 0. The van der Waals surface area contributed by atoms with Crippen LogP contribution in [0.15, 0.2) is 4.47 Å². The number of carbonyl (C=O) groups excluding carboxylic acids is 1. The highest BCUT2D eigenvalue weighted by atomic mass is 79.9. The van der Waals surface area contributed by atoms with Crippen molar-refractivity contribution >= 4 is 33.5 Å². The van der Waals surface area contributed by atoms with Crippen LogP contribution in [0.3, 0.4) is 0 Å². The Morgan fingerprint density at radius 3 is 2.53 bits per heavy atom. The van der Waals surface area contributed by atoms with Gasteiger partial charge in [0.2, 0.25) is 5.82 Å². The van der Waals surface area contributed by atoms with Gasteiger partial charge in [0, 0.05) is 0 Å². The Kier molecular flexibility index (Phi) is 4.04. The smallest absolute Gasteiger partial charge is 0.376 e. The molecule has 0 N–H and O–H groups in total. The fourth-order valence-corrected chi connectivity index (χ4v) is 1.81. The third-order valence-electron chi connectivity index (χ3n) is 1.75. The zero-order valence-corrected chi connectivity index (χ0v) is 10.9. The summed E-state index contributed by atoms with van der Waals surface area (Å²) in [5.74, 6) is -0.469. The van der Waals surface area contributed by atoms with Crippen molar-refractivity contribution < 1.29 is 9.53 Å². The standard InChI is InChI=1S/C9H10BrClN2O2/c1-4(2)6-5(10)7(11)13-8(12-6)9(14)15-3/h4H,1-3H3. The molecular weight excluding hydrogens is 283 g/mol. The molecule has 0 saturated carbocycles. The molecule has 1 rings (SSSR count). The molecule has 0 saturated heterocycles. The number of methoxy groups -OCH3 is 1. The highest BCUT2D eigenvalue weighted by Gasteiger charge is 2.17. The van der Waals surface area contributed by atoms with Crippen LogP contribution in [-0.2, 0) is 4.74 Å². The molecule has 0 fully saturated rings. The van der Waals surface area contributed by atoms with Crippen molar-refractivity contribution in [3.63, 3.8) is 0 Å². The van der Waals surface area contributed by atoms with E-state index in [2.05, 4.69) is 30.6 Å². The van der Waals surface area contributed by atoms with Crippen LogP contribution < -0.4 is 0 Å². The average molecular weight is 294 g/mol. The van der Waals surface area contributed by atoms with Crippen LogP contribution in [0.5, 0.6) is 0 Å². The quantitative estimate of drug-likeness (QED) is 0.621. The van der Waals surface area contributed by atoms with E-state index in [1.165, 1.54) is 7.11 Å². The molecule has 1 aromatic rings. The lowest BCUT2D eigenvalue weighted by Gasteiger charge is -2.09. The van der Waals surface area contributed by atoms with Crippen LogP contribution in [0, 0.1) is 0 Å². The minimum absolute atomic E-state index is 0.0191. The summed E-state index contributed by atoms with van der Waals surface area (Å²) < 4.78 is 5.15. The first kappa shape index (κ1) is 12.4. The molecule has 0 spiro atoms. The first-order valence-corrected chi connectivity index (χ1v) is 5.45. The fourth-order valence-electron chi connectivity index (χ4n) is 1.00. The summed E-state index contributed by atoms with van der Waals surface area (Å²) in [6.07, 6.45) is 0. The Morgan fingerprint density at radius 1 is 1.47 bits per heavy atom. The predicted octanol–water partition coefficient (Wildman–Crippen LogP) is 2.80. The zero-order valence-electron chi connectivity index (χ0n) is 8.54. The molecule has 4 nitrogen and oxygen atoms in total. The molecule has 0 aliphatic carbocycles. The predicted molar refractivity (Wildman–Crippen MR) is 60.2 cm³/mol. The maximum absolute atomic E-state index is 11.2.